The van der Waals surface area contributed by atoms with E-state index in [1.165, 1.54) is 0 Å². The molecule has 4 aromatic rings. The van der Waals surface area contributed by atoms with Crippen molar-refractivity contribution in [3.8, 4) is 17.2 Å². The zero-order chi connectivity index (χ0) is 22.3. The molecule has 0 saturated heterocycles. The topological polar surface area (TPSA) is 38.8 Å². The first-order chi connectivity index (χ1) is 15.6. The molecule has 0 saturated carbocycles. The molecule has 0 heterocycles. The summed E-state index contributed by atoms with van der Waals surface area (Å²) in [5.41, 5.74) is 3.90. The van der Waals surface area contributed by atoms with Gasteiger partial charge < -0.3 is 9.47 Å². The van der Waals surface area contributed by atoms with Gasteiger partial charge in [-0.05, 0) is 85.6 Å². The van der Waals surface area contributed by atoms with Crippen molar-refractivity contribution in [3.63, 3.8) is 0 Å². The third kappa shape index (κ3) is 5.35. The van der Waals surface area contributed by atoms with Crippen LogP contribution in [0.2, 0.25) is 0 Å². The lowest BCUT2D eigenvalue weighted by atomic mass is 10.1. The van der Waals surface area contributed by atoms with E-state index in [2.05, 4.69) is 6.07 Å². The molecule has 0 N–H and O–H groups in total. The number of anilines is 2. The third-order valence-corrected chi connectivity index (χ3v) is 4.90. The Morgan fingerprint density at radius 2 is 1.16 bits per heavy atom. The Kier molecular flexibility index (Phi) is 6.52. The van der Waals surface area contributed by atoms with Crippen molar-refractivity contribution < 1.29 is 14.3 Å². The molecule has 0 spiro atoms. The summed E-state index contributed by atoms with van der Waals surface area (Å²) in [5.74, 6) is 1.96. The van der Waals surface area contributed by atoms with E-state index in [4.69, 9.17) is 9.47 Å². The van der Waals surface area contributed by atoms with Crippen molar-refractivity contribution in [1.29, 1.82) is 0 Å². The van der Waals surface area contributed by atoms with Gasteiger partial charge in [-0.15, -0.1) is 0 Å². The molecule has 4 nitrogen and oxygen atoms in total. The third-order valence-electron chi connectivity index (χ3n) is 4.90. The van der Waals surface area contributed by atoms with E-state index < -0.39 is 0 Å². The molecular formula is C28H25NO3. The number of amides is 1. The van der Waals surface area contributed by atoms with Gasteiger partial charge in [-0.3, -0.25) is 9.69 Å². The first kappa shape index (κ1) is 21.2. The van der Waals surface area contributed by atoms with Crippen LogP contribution in [0.4, 0.5) is 11.4 Å². The zero-order valence-corrected chi connectivity index (χ0v) is 18.2. The minimum absolute atomic E-state index is 0.0823. The maximum Gasteiger partial charge on any atom is 0.269 e. The first-order valence-electron chi connectivity index (χ1n) is 10.5. The van der Waals surface area contributed by atoms with Crippen molar-refractivity contribution in [2.75, 3.05) is 11.5 Å². The van der Waals surface area contributed by atoms with E-state index in [1.54, 1.807) is 17.0 Å². The number of para-hydroxylation sites is 2. The number of carbonyl (C=O) groups is 1. The molecule has 0 aliphatic carbocycles. The average molecular weight is 424 g/mol. The van der Waals surface area contributed by atoms with Crippen molar-refractivity contribution in [2.45, 2.75) is 13.8 Å². The normalized spacial score (nSPS) is 10.4. The van der Waals surface area contributed by atoms with E-state index in [0.717, 1.165) is 28.3 Å². The van der Waals surface area contributed by atoms with Crippen LogP contribution in [0.25, 0.3) is 0 Å². The lowest BCUT2D eigenvalue weighted by Crippen LogP contribution is -2.30. The molecule has 4 rings (SSSR count). The SMILES string of the molecule is Cc1cc(C)cc(Oc2ccc(OCC(=O)N(c3ccccc3)c3ccccc3)cc2)c1. The van der Waals surface area contributed by atoms with Gasteiger partial charge in [0.05, 0.1) is 0 Å². The van der Waals surface area contributed by atoms with Crippen LogP contribution in [0.1, 0.15) is 11.1 Å². The van der Waals surface area contributed by atoms with E-state index >= 15 is 0 Å². The number of carbonyl (C=O) groups excluding carboxylic acids is 1. The average Bonchev–Trinajstić information content (AvgIpc) is 2.80. The molecule has 0 aliphatic heterocycles. The molecule has 0 aliphatic rings. The lowest BCUT2D eigenvalue weighted by molar-refractivity contribution is -0.119. The fraction of sp³-hybridized carbons (Fsp3) is 0.107. The van der Waals surface area contributed by atoms with Crippen molar-refractivity contribution in [3.05, 3.63) is 114 Å². The van der Waals surface area contributed by atoms with Gasteiger partial charge in [0.1, 0.15) is 17.2 Å². The van der Waals surface area contributed by atoms with Gasteiger partial charge in [-0.1, -0.05) is 42.5 Å². The van der Waals surface area contributed by atoms with Crippen LogP contribution >= 0.6 is 0 Å². The van der Waals surface area contributed by atoms with Gasteiger partial charge in [-0.25, -0.2) is 0 Å². The molecule has 0 bridgehead atoms. The fourth-order valence-corrected chi connectivity index (χ4v) is 3.53. The van der Waals surface area contributed by atoms with Crippen LogP contribution in [0.5, 0.6) is 17.2 Å². The Labute approximate surface area is 188 Å². The van der Waals surface area contributed by atoms with E-state index in [-0.39, 0.29) is 12.5 Å². The van der Waals surface area contributed by atoms with Crippen LogP contribution in [0.15, 0.2) is 103 Å². The number of hydrogen-bond acceptors (Lipinski definition) is 3. The quantitative estimate of drug-likeness (QED) is 0.327. The highest BCUT2D eigenvalue weighted by atomic mass is 16.5. The molecule has 0 atom stereocenters. The Balaban J connectivity index is 1.43. The second-order valence-corrected chi connectivity index (χ2v) is 7.59. The number of nitrogens with zero attached hydrogens (tertiary/aromatic N) is 1. The Morgan fingerprint density at radius 1 is 0.656 bits per heavy atom. The molecule has 4 heteroatoms. The second-order valence-electron chi connectivity index (χ2n) is 7.59. The monoisotopic (exact) mass is 423 g/mol. The Morgan fingerprint density at radius 3 is 1.69 bits per heavy atom. The highest BCUT2D eigenvalue weighted by molar-refractivity contribution is 6.01. The molecule has 4 aromatic carbocycles. The van der Waals surface area contributed by atoms with Crippen molar-refractivity contribution in [1.82, 2.24) is 0 Å². The summed E-state index contributed by atoms with van der Waals surface area (Å²) in [4.78, 5) is 14.7. The van der Waals surface area contributed by atoms with Crippen LogP contribution in [0.3, 0.4) is 0 Å². The zero-order valence-electron chi connectivity index (χ0n) is 18.2. The minimum Gasteiger partial charge on any atom is -0.484 e. The highest BCUT2D eigenvalue weighted by Gasteiger charge is 2.18. The van der Waals surface area contributed by atoms with Crippen LogP contribution in [-0.2, 0) is 4.79 Å². The number of aryl methyl sites for hydroxylation is 2. The van der Waals surface area contributed by atoms with Gasteiger partial charge in [-0.2, -0.15) is 0 Å². The first-order valence-corrected chi connectivity index (χ1v) is 10.5. The second kappa shape index (κ2) is 9.84. The van der Waals surface area contributed by atoms with Crippen LogP contribution < -0.4 is 14.4 Å². The molecule has 0 aromatic heterocycles. The summed E-state index contributed by atoms with van der Waals surface area (Å²) >= 11 is 0. The van der Waals surface area contributed by atoms with E-state index in [0.29, 0.717) is 11.5 Å². The van der Waals surface area contributed by atoms with Crippen LogP contribution in [0, 0.1) is 13.8 Å². The summed E-state index contributed by atoms with van der Waals surface area (Å²) in [6.07, 6.45) is 0. The fourth-order valence-electron chi connectivity index (χ4n) is 3.53. The predicted octanol–water partition coefficient (Wildman–Crippen LogP) is 6.84. The molecule has 0 fully saturated rings. The maximum absolute atomic E-state index is 13.1. The number of ether oxygens (including phenoxy) is 2. The standard InChI is InChI=1S/C28H25NO3/c1-21-17-22(2)19-27(18-21)32-26-15-13-25(14-16-26)31-20-28(30)29(23-9-5-3-6-10-23)24-11-7-4-8-12-24/h3-19H,20H2,1-2H3. The summed E-state index contributed by atoms with van der Waals surface area (Å²) in [5, 5.41) is 0. The van der Waals surface area contributed by atoms with Gasteiger partial charge >= 0.3 is 0 Å². The highest BCUT2D eigenvalue weighted by Crippen LogP contribution is 2.27. The smallest absolute Gasteiger partial charge is 0.269 e. The largest absolute Gasteiger partial charge is 0.484 e. The van der Waals surface area contributed by atoms with Gasteiger partial charge in [0.2, 0.25) is 0 Å². The summed E-state index contributed by atoms with van der Waals surface area (Å²) in [7, 11) is 0. The van der Waals surface area contributed by atoms with Gasteiger partial charge in [0, 0.05) is 11.4 Å². The molecule has 160 valence electrons. The predicted molar refractivity (Wildman–Crippen MR) is 128 cm³/mol. The summed E-state index contributed by atoms with van der Waals surface area (Å²) < 4.78 is 11.7. The van der Waals surface area contributed by atoms with Crippen molar-refractivity contribution >= 4 is 17.3 Å². The Hall–Kier alpha value is -4.05. The number of rotatable bonds is 7. The van der Waals surface area contributed by atoms with E-state index in [1.807, 2.05) is 98.8 Å². The minimum atomic E-state index is -0.155. The van der Waals surface area contributed by atoms with Crippen LogP contribution in [-0.4, -0.2) is 12.5 Å². The number of hydrogen-bond donors (Lipinski definition) is 0. The molecular weight excluding hydrogens is 398 g/mol. The van der Waals surface area contributed by atoms with Crippen molar-refractivity contribution in [2.24, 2.45) is 0 Å². The lowest BCUT2D eigenvalue weighted by Gasteiger charge is -2.23. The van der Waals surface area contributed by atoms with Gasteiger partial charge in [0.15, 0.2) is 6.61 Å². The Bertz CT molecular complexity index is 1110. The number of benzene rings is 4. The molecule has 0 unspecified atom stereocenters. The summed E-state index contributed by atoms with van der Waals surface area (Å²) in [6, 6.07) is 32.5. The molecule has 1 amide bonds. The summed E-state index contributed by atoms with van der Waals surface area (Å²) in [6.45, 7) is 4.00. The van der Waals surface area contributed by atoms with Gasteiger partial charge in [0.25, 0.3) is 5.91 Å². The molecule has 32 heavy (non-hydrogen) atoms. The van der Waals surface area contributed by atoms with E-state index in [9.17, 15) is 4.79 Å². The molecule has 0 radical (unpaired) electrons. The maximum atomic E-state index is 13.1.